The van der Waals surface area contributed by atoms with E-state index in [9.17, 15) is 4.79 Å². The number of likely N-dealkylation sites (N-methyl/N-ethyl adjacent to an activating group) is 1. The van der Waals surface area contributed by atoms with Crippen LogP contribution >= 0.6 is 0 Å². The number of amides is 1. The highest BCUT2D eigenvalue weighted by Crippen LogP contribution is 2.22. The Balaban J connectivity index is 1.77. The molecule has 110 valence electrons. The van der Waals surface area contributed by atoms with Crippen molar-refractivity contribution in [1.29, 1.82) is 0 Å². The van der Waals surface area contributed by atoms with E-state index in [1.165, 1.54) is 45.3 Å². The van der Waals surface area contributed by atoms with E-state index in [2.05, 4.69) is 10.2 Å². The van der Waals surface area contributed by atoms with Gasteiger partial charge in [-0.1, -0.05) is 0 Å². The van der Waals surface area contributed by atoms with Gasteiger partial charge in [-0.3, -0.25) is 4.79 Å². The minimum Gasteiger partial charge on any atom is -0.341 e. The van der Waals surface area contributed by atoms with Crippen LogP contribution in [0.5, 0.6) is 0 Å². The highest BCUT2D eigenvalue weighted by atomic mass is 16.2. The molecular weight excluding hydrogens is 238 g/mol. The molecule has 0 aromatic rings. The van der Waals surface area contributed by atoms with E-state index in [0.717, 1.165) is 19.0 Å². The number of rotatable bonds is 4. The Bertz CT molecular complexity index is 303. The molecule has 0 spiro atoms. The number of piperidine rings is 1. The van der Waals surface area contributed by atoms with E-state index in [0.29, 0.717) is 0 Å². The first-order valence-electron chi connectivity index (χ1n) is 7.73. The molecule has 2 aliphatic heterocycles. The van der Waals surface area contributed by atoms with E-state index < -0.39 is 5.54 Å². The number of nitrogens with one attached hydrogen (secondary N) is 1. The summed E-state index contributed by atoms with van der Waals surface area (Å²) in [5.74, 6) is 1.04. The molecule has 4 heteroatoms. The second-order valence-corrected chi connectivity index (χ2v) is 6.62. The van der Waals surface area contributed by atoms with Crippen molar-refractivity contribution in [3.63, 3.8) is 0 Å². The molecule has 2 heterocycles. The fraction of sp³-hybridized carbons (Fsp3) is 0.933. The van der Waals surface area contributed by atoms with Crippen molar-refractivity contribution in [3.8, 4) is 0 Å². The fourth-order valence-corrected chi connectivity index (χ4v) is 3.15. The summed E-state index contributed by atoms with van der Waals surface area (Å²) in [5.41, 5.74) is -0.429. The third-order valence-electron chi connectivity index (χ3n) is 4.78. The molecule has 0 bridgehead atoms. The molecule has 2 aliphatic rings. The zero-order chi connectivity index (χ0) is 13.9. The van der Waals surface area contributed by atoms with Gasteiger partial charge in [-0.2, -0.15) is 0 Å². The molecule has 2 saturated heterocycles. The van der Waals surface area contributed by atoms with Crippen LogP contribution < -0.4 is 5.32 Å². The molecule has 0 aromatic heterocycles. The van der Waals surface area contributed by atoms with Gasteiger partial charge in [0.05, 0.1) is 5.54 Å². The molecular formula is C15H29N3O. The molecule has 19 heavy (non-hydrogen) atoms. The van der Waals surface area contributed by atoms with Gasteiger partial charge in [0.25, 0.3) is 0 Å². The van der Waals surface area contributed by atoms with E-state index in [1.807, 2.05) is 25.8 Å². The first-order chi connectivity index (χ1) is 9.03. The van der Waals surface area contributed by atoms with Crippen molar-refractivity contribution in [3.05, 3.63) is 0 Å². The summed E-state index contributed by atoms with van der Waals surface area (Å²) in [7, 11) is 1.86. The molecule has 0 atom stereocenters. The van der Waals surface area contributed by atoms with Gasteiger partial charge >= 0.3 is 0 Å². The standard InChI is InChI=1S/C15H29N3O/c1-15(2,16-3)14(19)18-10-6-13(7-11-18)12-17-8-4-5-9-17/h13,16H,4-12H2,1-3H3. The van der Waals surface area contributed by atoms with E-state index in [1.54, 1.807) is 0 Å². The average Bonchev–Trinajstić information content (AvgIpc) is 2.91. The van der Waals surface area contributed by atoms with Crippen LogP contribution in [0.2, 0.25) is 0 Å². The quantitative estimate of drug-likeness (QED) is 0.834. The number of hydrogen-bond acceptors (Lipinski definition) is 3. The van der Waals surface area contributed by atoms with Gasteiger partial charge < -0.3 is 15.1 Å². The van der Waals surface area contributed by atoms with Gasteiger partial charge in [0, 0.05) is 19.6 Å². The van der Waals surface area contributed by atoms with Crippen LogP contribution in [0.1, 0.15) is 39.5 Å². The number of carbonyl (C=O) groups is 1. The van der Waals surface area contributed by atoms with Crippen molar-refractivity contribution in [2.75, 3.05) is 39.8 Å². The summed E-state index contributed by atoms with van der Waals surface area (Å²) >= 11 is 0. The smallest absolute Gasteiger partial charge is 0.242 e. The summed E-state index contributed by atoms with van der Waals surface area (Å²) in [4.78, 5) is 17.0. The Labute approximate surface area is 117 Å². The van der Waals surface area contributed by atoms with Gasteiger partial charge in [0.2, 0.25) is 5.91 Å². The largest absolute Gasteiger partial charge is 0.341 e. The first kappa shape index (κ1) is 14.8. The van der Waals surface area contributed by atoms with Crippen LogP contribution in [0.4, 0.5) is 0 Å². The molecule has 2 fully saturated rings. The lowest BCUT2D eigenvalue weighted by atomic mass is 9.94. The van der Waals surface area contributed by atoms with Crippen LogP contribution in [0.15, 0.2) is 0 Å². The average molecular weight is 267 g/mol. The Morgan fingerprint density at radius 3 is 2.26 bits per heavy atom. The van der Waals surface area contributed by atoms with Crippen molar-refractivity contribution < 1.29 is 4.79 Å². The second kappa shape index (κ2) is 6.23. The molecule has 1 amide bonds. The Kier molecular flexibility index (Phi) is 4.85. The number of likely N-dealkylation sites (tertiary alicyclic amines) is 2. The lowest BCUT2D eigenvalue weighted by molar-refractivity contribution is -0.138. The minimum atomic E-state index is -0.429. The molecule has 0 aliphatic carbocycles. The van der Waals surface area contributed by atoms with Gasteiger partial charge in [-0.15, -0.1) is 0 Å². The molecule has 0 aromatic carbocycles. The molecule has 1 N–H and O–H groups in total. The van der Waals surface area contributed by atoms with Gasteiger partial charge in [-0.25, -0.2) is 0 Å². The topological polar surface area (TPSA) is 35.6 Å². The van der Waals surface area contributed by atoms with Crippen LogP contribution in [0.3, 0.4) is 0 Å². The zero-order valence-corrected chi connectivity index (χ0v) is 12.7. The summed E-state index contributed by atoms with van der Waals surface area (Å²) in [5, 5.41) is 3.11. The van der Waals surface area contributed by atoms with Crippen LogP contribution in [0, 0.1) is 5.92 Å². The predicted molar refractivity (Wildman–Crippen MR) is 78.1 cm³/mol. The van der Waals surface area contributed by atoms with Gasteiger partial charge in [0.1, 0.15) is 0 Å². The molecule has 0 radical (unpaired) electrons. The summed E-state index contributed by atoms with van der Waals surface area (Å²) in [6, 6.07) is 0. The number of carbonyl (C=O) groups excluding carboxylic acids is 1. The Hall–Kier alpha value is -0.610. The third kappa shape index (κ3) is 3.69. The fourth-order valence-electron chi connectivity index (χ4n) is 3.15. The lowest BCUT2D eigenvalue weighted by Gasteiger charge is -2.37. The minimum absolute atomic E-state index is 0.245. The van der Waals surface area contributed by atoms with Gasteiger partial charge in [0.15, 0.2) is 0 Å². The summed E-state index contributed by atoms with van der Waals surface area (Å²) in [6.45, 7) is 9.61. The van der Waals surface area contributed by atoms with Crippen molar-refractivity contribution >= 4 is 5.91 Å². The summed E-state index contributed by atoms with van der Waals surface area (Å²) < 4.78 is 0. The van der Waals surface area contributed by atoms with E-state index in [4.69, 9.17) is 0 Å². The predicted octanol–water partition coefficient (Wildman–Crippen LogP) is 1.32. The van der Waals surface area contributed by atoms with Gasteiger partial charge in [-0.05, 0) is 65.6 Å². The SMILES string of the molecule is CNC(C)(C)C(=O)N1CCC(CN2CCCC2)CC1. The molecule has 4 nitrogen and oxygen atoms in total. The number of hydrogen-bond donors (Lipinski definition) is 1. The highest BCUT2D eigenvalue weighted by Gasteiger charge is 2.33. The van der Waals surface area contributed by atoms with E-state index in [-0.39, 0.29) is 5.91 Å². The second-order valence-electron chi connectivity index (χ2n) is 6.62. The zero-order valence-electron chi connectivity index (χ0n) is 12.7. The monoisotopic (exact) mass is 267 g/mol. The van der Waals surface area contributed by atoms with E-state index >= 15 is 0 Å². The normalized spacial score (nSPS) is 23.0. The Morgan fingerprint density at radius 2 is 1.74 bits per heavy atom. The van der Waals surface area contributed by atoms with Crippen molar-refractivity contribution in [2.45, 2.75) is 45.1 Å². The van der Waals surface area contributed by atoms with Crippen molar-refractivity contribution in [2.24, 2.45) is 5.92 Å². The first-order valence-corrected chi connectivity index (χ1v) is 7.73. The molecule has 0 saturated carbocycles. The lowest BCUT2D eigenvalue weighted by Crippen LogP contribution is -2.54. The maximum Gasteiger partial charge on any atom is 0.242 e. The van der Waals surface area contributed by atoms with Crippen molar-refractivity contribution in [1.82, 2.24) is 15.1 Å². The maximum absolute atomic E-state index is 12.4. The Morgan fingerprint density at radius 1 is 1.16 bits per heavy atom. The molecule has 0 unspecified atom stereocenters. The highest BCUT2D eigenvalue weighted by molar-refractivity contribution is 5.85. The van der Waals surface area contributed by atoms with Crippen LogP contribution in [-0.2, 0) is 4.79 Å². The van der Waals surface area contributed by atoms with Crippen LogP contribution in [0.25, 0.3) is 0 Å². The summed E-state index contributed by atoms with van der Waals surface area (Å²) in [6.07, 6.45) is 5.07. The number of nitrogens with zero attached hydrogens (tertiary/aromatic N) is 2. The maximum atomic E-state index is 12.4. The van der Waals surface area contributed by atoms with Crippen LogP contribution in [-0.4, -0.2) is 61.0 Å². The third-order valence-corrected chi connectivity index (χ3v) is 4.78. The molecule has 2 rings (SSSR count).